The number of fused-ring (bicyclic) bond motifs is 2. The van der Waals surface area contributed by atoms with Gasteiger partial charge in [0.15, 0.2) is 0 Å². The summed E-state index contributed by atoms with van der Waals surface area (Å²) >= 11 is 1.93. The molecule has 2 rings (SSSR count). The first kappa shape index (κ1) is 6.01. The highest BCUT2D eigenvalue weighted by atomic mass is 32.2. The Labute approximate surface area is 59.0 Å². The third kappa shape index (κ3) is 0.791. The van der Waals surface area contributed by atoms with Crippen molar-refractivity contribution in [2.45, 2.75) is 17.2 Å². The molecule has 2 heterocycles. The maximum absolute atomic E-state index is 8.98. The monoisotopic (exact) mass is 145 g/mol. The van der Waals surface area contributed by atoms with Crippen LogP contribution in [0.1, 0.15) is 6.42 Å². The lowest BCUT2D eigenvalue weighted by Gasteiger charge is -2.22. The van der Waals surface area contributed by atoms with E-state index in [1.54, 1.807) is 0 Å². The Morgan fingerprint density at radius 1 is 1.78 bits per heavy atom. The highest BCUT2D eigenvalue weighted by Gasteiger charge is 2.44. The van der Waals surface area contributed by atoms with E-state index in [0.29, 0.717) is 12.6 Å². The van der Waals surface area contributed by atoms with Crippen molar-refractivity contribution in [1.29, 1.82) is 0 Å². The number of aliphatic hydroxyl groups excluding tert-OH is 1. The maximum Gasteiger partial charge on any atom is 0.0591 e. The lowest BCUT2D eigenvalue weighted by Crippen LogP contribution is -2.35. The largest absolute Gasteiger partial charge is 0.395 e. The molecule has 2 saturated heterocycles. The Morgan fingerprint density at radius 3 is 2.89 bits per heavy atom. The molecular weight excluding hydrogens is 134 g/mol. The summed E-state index contributed by atoms with van der Waals surface area (Å²) in [6, 6.07) is 0.696. The first-order valence-electron chi connectivity index (χ1n) is 3.33. The van der Waals surface area contributed by atoms with E-state index in [-0.39, 0.29) is 4.75 Å². The van der Waals surface area contributed by atoms with Crippen molar-refractivity contribution in [3.05, 3.63) is 0 Å². The second-order valence-corrected chi connectivity index (χ2v) is 4.42. The van der Waals surface area contributed by atoms with E-state index in [9.17, 15) is 0 Å². The van der Waals surface area contributed by atoms with E-state index in [4.69, 9.17) is 5.11 Å². The second kappa shape index (κ2) is 1.87. The Bertz CT molecular complexity index is 120. The smallest absolute Gasteiger partial charge is 0.0591 e. The highest BCUT2D eigenvalue weighted by molar-refractivity contribution is 8.01. The topological polar surface area (TPSA) is 32.3 Å². The molecule has 0 unspecified atom stereocenters. The Kier molecular flexibility index (Phi) is 1.25. The Balaban J connectivity index is 2.13. The van der Waals surface area contributed by atoms with Crippen LogP contribution in [0.5, 0.6) is 0 Å². The van der Waals surface area contributed by atoms with Crippen LogP contribution >= 0.6 is 11.8 Å². The van der Waals surface area contributed by atoms with Crippen LogP contribution in [0.2, 0.25) is 0 Å². The van der Waals surface area contributed by atoms with Gasteiger partial charge in [-0.25, -0.2) is 0 Å². The number of hydrogen-bond donors (Lipinski definition) is 2. The minimum atomic E-state index is 0.213. The summed E-state index contributed by atoms with van der Waals surface area (Å²) in [5, 5.41) is 12.3. The number of aliphatic hydroxyl groups is 1. The molecule has 2 bridgehead atoms. The Hall–Kier alpha value is 0.270. The van der Waals surface area contributed by atoms with Gasteiger partial charge in [0.05, 0.1) is 11.4 Å². The molecule has 2 aliphatic rings. The molecule has 3 heteroatoms. The van der Waals surface area contributed by atoms with E-state index in [1.165, 1.54) is 12.2 Å². The van der Waals surface area contributed by atoms with Gasteiger partial charge < -0.3 is 10.4 Å². The molecule has 0 aromatic carbocycles. The molecule has 2 aliphatic heterocycles. The van der Waals surface area contributed by atoms with Crippen LogP contribution in [0.25, 0.3) is 0 Å². The van der Waals surface area contributed by atoms with Gasteiger partial charge in [-0.05, 0) is 6.42 Å². The third-order valence-corrected chi connectivity index (χ3v) is 3.83. The molecular formula is C6H11NOS. The van der Waals surface area contributed by atoms with Gasteiger partial charge in [0, 0.05) is 18.3 Å². The minimum Gasteiger partial charge on any atom is -0.395 e. The lowest BCUT2D eigenvalue weighted by atomic mass is 10.1. The minimum absolute atomic E-state index is 0.213. The second-order valence-electron chi connectivity index (χ2n) is 2.93. The molecule has 2 N–H and O–H groups in total. The summed E-state index contributed by atoms with van der Waals surface area (Å²) in [4.78, 5) is 0. The normalized spacial score (nSPS) is 48.3. The van der Waals surface area contributed by atoms with Crippen LogP contribution in [0.4, 0.5) is 0 Å². The van der Waals surface area contributed by atoms with E-state index < -0.39 is 0 Å². The van der Waals surface area contributed by atoms with Gasteiger partial charge in [-0.2, -0.15) is 0 Å². The first-order valence-corrected chi connectivity index (χ1v) is 4.31. The van der Waals surface area contributed by atoms with Gasteiger partial charge >= 0.3 is 0 Å². The van der Waals surface area contributed by atoms with E-state index >= 15 is 0 Å². The molecule has 0 amide bonds. The van der Waals surface area contributed by atoms with E-state index in [1.807, 2.05) is 11.8 Å². The van der Waals surface area contributed by atoms with Crippen LogP contribution in [0.15, 0.2) is 0 Å². The van der Waals surface area contributed by atoms with Crippen molar-refractivity contribution < 1.29 is 5.11 Å². The van der Waals surface area contributed by atoms with E-state index in [2.05, 4.69) is 5.32 Å². The lowest BCUT2D eigenvalue weighted by molar-refractivity contribution is 0.257. The number of thioether (sulfide) groups is 1. The predicted molar refractivity (Wildman–Crippen MR) is 38.7 cm³/mol. The van der Waals surface area contributed by atoms with E-state index in [0.717, 1.165) is 6.54 Å². The predicted octanol–water partition coefficient (Wildman–Crippen LogP) is -0.174. The molecule has 0 radical (unpaired) electrons. The zero-order valence-electron chi connectivity index (χ0n) is 5.26. The molecule has 2 fully saturated rings. The molecule has 0 aromatic heterocycles. The quantitative estimate of drug-likeness (QED) is 0.537. The van der Waals surface area contributed by atoms with Crippen molar-refractivity contribution in [3.63, 3.8) is 0 Å². The molecule has 0 spiro atoms. The van der Waals surface area contributed by atoms with Gasteiger partial charge in [0.1, 0.15) is 0 Å². The third-order valence-electron chi connectivity index (χ3n) is 2.21. The van der Waals surface area contributed by atoms with Crippen molar-refractivity contribution in [3.8, 4) is 0 Å². The molecule has 9 heavy (non-hydrogen) atoms. The summed E-state index contributed by atoms with van der Waals surface area (Å²) in [5.41, 5.74) is 0. The molecule has 2 nitrogen and oxygen atoms in total. The number of hydrogen-bond acceptors (Lipinski definition) is 3. The number of nitrogens with one attached hydrogen (secondary N) is 1. The highest BCUT2D eigenvalue weighted by Crippen LogP contribution is 2.41. The van der Waals surface area contributed by atoms with Crippen LogP contribution in [0.3, 0.4) is 0 Å². The van der Waals surface area contributed by atoms with Crippen molar-refractivity contribution >= 4 is 11.8 Å². The molecule has 0 aliphatic carbocycles. The first-order chi connectivity index (χ1) is 4.35. The summed E-state index contributed by atoms with van der Waals surface area (Å²) in [7, 11) is 0. The standard InChI is InChI=1S/C6H11NOS/c8-4-6-1-5(2-9-6)7-3-6/h5,7-8H,1-4H2/t5-,6-/m1/s1. The van der Waals surface area contributed by atoms with Crippen molar-refractivity contribution in [2.24, 2.45) is 0 Å². The van der Waals surface area contributed by atoms with Crippen LogP contribution in [-0.2, 0) is 0 Å². The van der Waals surface area contributed by atoms with Gasteiger partial charge in [-0.3, -0.25) is 0 Å². The Morgan fingerprint density at radius 2 is 2.67 bits per heavy atom. The summed E-state index contributed by atoms with van der Waals surface area (Å²) < 4.78 is 0.213. The van der Waals surface area contributed by atoms with Gasteiger partial charge in [0.25, 0.3) is 0 Å². The molecule has 52 valence electrons. The summed E-state index contributed by atoms with van der Waals surface area (Å²) in [6.07, 6.45) is 1.17. The average Bonchev–Trinajstić information content (AvgIpc) is 2.46. The fourth-order valence-electron chi connectivity index (χ4n) is 1.60. The summed E-state index contributed by atoms with van der Waals surface area (Å²) in [6.45, 7) is 1.36. The fourth-order valence-corrected chi connectivity index (χ4v) is 2.98. The van der Waals surface area contributed by atoms with Crippen molar-refractivity contribution in [2.75, 3.05) is 18.9 Å². The SMILES string of the molecule is OC[C@@]12CN[C@@H](CS1)C2. The van der Waals surface area contributed by atoms with Gasteiger partial charge in [-0.15, -0.1) is 11.8 Å². The van der Waals surface area contributed by atoms with Crippen molar-refractivity contribution in [1.82, 2.24) is 5.32 Å². The zero-order valence-corrected chi connectivity index (χ0v) is 6.08. The zero-order chi connectivity index (χ0) is 6.32. The molecule has 0 aromatic rings. The average molecular weight is 145 g/mol. The maximum atomic E-state index is 8.98. The fraction of sp³-hybridized carbons (Fsp3) is 1.00. The molecule has 2 atom stereocenters. The molecule has 0 saturated carbocycles. The van der Waals surface area contributed by atoms with Gasteiger partial charge in [0.2, 0.25) is 0 Å². The summed E-state index contributed by atoms with van der Waals surface area (Å²) in [5.74, 6) is 1.20. The van der Waals surface area contributed by atoms with Crippen LogP contribution in [-0.4, -0.2) is 34.8 Å². The van der Waals surface area contributed by atoms with Crippen LogP contribution < -0.4 is 5.32 Å². The van der Waals surface area contributed by atoms with Crippen LogP contribution in [0, 0.1) is 0 Å². The number of rotatable bonds is 1. The van der Waals surface area contributed by atoms with Gasteiger partial charge in [-0.1, -0.05) is 0 Å².